The molecule has 2 heterocycles. The maximum absolute atomic E-state index is 13.2. The van der Waals surface area contributed by atoms with Gasteiger partial charge in [0.15, 0.2) is 0 Å². The summed E-state index contributed by atoms with van der Waals surface area (Å²) in [7, 11) is -3.85. The van der Waals surface area contributed by atoms with E-state index in [1.54, 1.807) is 48.7 Å². The Morgan fingerprint density at radius 3 is 2.21 bits per heavy atom. The Hall–Kier alpha value is -3.75. The van der Waals surface area contributed by atoms with Crippen LogP contribution in [0.1, 0.15) is 35.2 Å². The minimum atomic E-state index is -3.85. The molecule has 6 rings (SSSR count). The summed E-state index contributed by atoms with van der Waals surface area (Å²) in [6, 6.07) is 26.0. The molecule has 7 nitrogen and oxygen atoms in total. The second-order valence-electron chi connectivity index (χ2n) is 10.0. The number of carbonyl (C=O) groups is 1. The third kappa shape index (κ3) is 4.44. The Balaban J connectivity index is 1.12. The highest BCUT2D eigenvalue weighted by Gasteiger charge is 2.44. The molecular formula is C30H30N4O3S. The van der Waals surface area contributed by atoms with Crippen LogP contribution in [0, 0.1) is 0 Å². The van der Waals surface area contributed by atoms with Crippen LogP contribution in [0.25, 0.3) is 10.9 Å². The first-order valence-corrected chi connectivity index (χ1v) is 14.5. The number of anilines is 1. The molecule has 1 aliphatic carbocycles. The maximum atomic E-state index is 13.2. The van der Waals surface area contributed by atoms with Gasteiger partial charge in [0.05, 0.1) is 5.52 Å². The summed E-state index contributed by atoms with van der Waals surface area (Å²) in [5, 5.41) is 0.753. The van der Waals surface area contributed by atoms with Gasteiger partial charge in [0.2, 0.25) is 0 Å². The second kappa shape index (κ2) is 9.85. The fourth-order valence-corrected chi connectivity index (χ4v) is 6.99. The van der Waals surface area contributed by atoms with E-state index in [1.165, 1.54) is 12.0 Å². The minimum absolute atomic E-state index is 0.0281. The zero-order valence-corrected chi connectivity index (χ0v) is 21.9. The quantitative estimate of drug-likeness (QED) is 0.388. The number of amides is 1. The van der Waals surface area contributed by atoms with Crippen molar-refractivity contribution in [3.63, 3.8) is 0 Å². The number of aromatic nitrogens is 1. The Morgan fingerprint density at radius 2 is 1.53 bits per heavy atom. The van der Waals surface area contributed by atoms with Crippen molar-refractivity contribution < 1.29 is 13.2 Å². The molecule has 4 aromatic rings. The number of hydrogen-bond donors (Lipinski definition) is 1. The SMILES string of the molecule is O=C(c1ccc(NS(=O)(=O)c2cccc3cccnc23)cc1)N1CCN(C2(c3ccccc3)CCC2)CC1. The average Bonchev–Trinajstić information content (AvgIpc) is 2.93. The Kier molecular flexibility index (Phi) is 6.37. The van der Waals surface area contributed by atoms with Crippen LogP contribution in [0.2, 0.25) is 0 Å². The van der Waals surface area contributed by atoms with Crippen LogP contribution in [0.5, 0.6) is 0 Å². The largest absolute Gasteiger partial charge is 0.336 e. The Labute approximate surface area is 223 Å². The van der Waals surface area contributed by atoms with Crippen molar-refractivity contribution in [3.8, 4) is 0 Å². The number of pyridine rings is 1. The fourth-order valence-electron chi connectivity index (χ4n) is 5.75. The first-order chi connectivity index (χ1) is 18.5. The molecule has 0 atom stereocenters. The second-order valence-corrected chi connectivity index (χ2v) is 11.7. The Morgan fingerprint density at radius 1 is 0.816 bits per heavy atom. The number of para-hydroxylation sites is 1. The zero-order chi connectivity index (χ0) is 26.2. The molecule has 8 heteroatoms. The van der Waals surface area contributed by atoms with Gasteiger partial charge in [0, 0.05) is 54.6 Å². The molecule has 1 saturated carbocycles. The lowest BCUT2D eigenvalue weighted by Crippen LogP contribution is -2.59. The van der Waals surface area contributed by atoms with Crippen LogP contribution in [-0.4, -0.2) is 55.3 Å². The van der Waals surface area contributed by atoms with Crippen molar-refractivity contribution in [1.82, 2.24) is 14.8 Å². The van der Waals surface area contributed by atoms with Crippen molar-refractivity contribution in [2.45, 2.75) is 29.7 Å². The van der Waals surface area contributed by atoms with Gasteiger partial charge in [-0.25, -0.2) is 8.42 Å². The van der Waals surface area contributed by atoms with E-state index in [9.17, 15) is 13.2 Å². The molecule has 0 radical (unpaired) electrons. The number of hydrogen-bond acceptors (Lipinski definition) is 5. The highest BCUT2D eigenvalue weighted by atomic mass is 32.2. The standard InChI is InChI=1S/C30H30N4O3S/c35-29(33-19-21-34(22-20-33)30(16-6-17-30)25-9-2-1-3-10-25)24-12-14-26(15-13-24)32-38(36,37)27-11-4-7-23-8-5-18-31-28(23)27/h1-5,7-15,18,32H,6,16-17,19-22H2. The van der Waals surface area contributed by atoms with E-state index in [0.717, 1.165) is 31.3 Å². The van der Waals surface area contributed by atoms with Gasteiger partial charge < -0.3 is 4.90 Å². The van der Waals surface area contributed by atoms with Crippen molar-refractivity contribution in [2.75, 3.05) is 30.9 Å². The van der Waals surface area contributed by atoms with E-state index >= 15 is 0 Å². The number of piperazine rings is 1. The van der Waals surface area contributed by atoms with Crippen molar-refractivity contribution >= 4 is 32.5 Å². The summed E-state index contributed by atoms with van der Waals surface area (Å²) in [5.41, 5.74) is 2.85. The third-order valence-electron chi connectivity index (χ3n) is 7.93. The average molecular weight is 527 g/mol. The number of carbonyl (C=O) groups excluding carboxylic acids is 1. The van der Waals surface area contributed by atoms with Gasteiger partial charge in [-0.2, -0.15) is 0 Å². The molecule has 2 aliphatic rings. The van der Waals surface area contributed by atoms with Gasteiger partial charge in [-0.1, -0.05) is 48.5 Å². The zero-order valence-electron chi connectivity index (χ0n) is 21.1. The van der Waals surface area contributed by atoms with Crippen LogP contribution in [-0.2, 0) is 15.6 Å². The smallest absolute Gasteiger partial charge is 0.264 e. The van der Waals surface area contributed by atoms with Gasteiger partial charge in [0.25, 0.3) is 15.9 Å². The van der Waals surface area contributed by atoms with Gasteiger partial charge in [-0.05, 0) is 61.2 Å². The topological polar surface area (TPSA) is 82.6 Å². The number of rotatable bonds is 6. The molecule has 1 aliphatic heterocycles. The molecule has 0 bridgehead atoms. The molecule has 0 spiro atoms. The van der Waals surface area contributed by atoms with Gasteiger partial charge in [0.1, 0.15) is 4.90 Å². The number of sulfonamides is 1. The minimum Gasteiger partial charge on any atom is -0.336 e. The first kappa shape index (κ1) is 24.6. The molecule has 1 aromatic heterocycles. The molecule has 1 saturated heterocycles. The van der Waals surface area contributed by atoms with Crippen LogP contribution in [0.4, 0.5) is 5.69 Å². The lowest BCUT2D eigenvalue weighted by atomic mass is 9.70. The van der Waals surface area contributed by atoms with Crippen LogP contribution in [0.15, 0.2) is 96.0 Å². The summed E-state index contributed by atoms with van der Waals surface area (Å²) in [5.74, 6) is -0.0281. The molecule has 38 heavy (non-hydrogen) atoms. The van der Waals surface area contributed by atoms with E-state index in [-0.39, 0.29) is 16.3 Å². The van der Waals surface area contributed by atoms with Crippen molar-refractivity contribution in [2.24, 2.45) is 0 Å². The predicted octanol–water partition coefficient (Wildman–Crippen LogP) is 4.87. The normalized spacial score (nSPS) is 17.6. The van der Waals surface area contributed by atoms with Gasteiger partial charge in [-0.3, -0.25) is 19.4 Å². The maximum Gasteiger partial charge on any atom is 0.264 e. The van der Waals surface area contributed by atoms with E-state index in [0.29, 0.717) is 29.9 Å². The molecule has 194 valence electrons. The number of fused-ring (bicyclic) bond motifs is 1. The summed E-state index contributed by atoms with van der Waals surface area (Å²) < 4.78 is 28.8. The number of nitrogens with zero attached hydrogens (tertiary/aromatic N) is 3. The molecule has 2 fully saturated rings. The summed E-state index contributed by atoms with van der Waals surface area (Å²) in [4.78, 5) is 22.1. The lowest BCUT2D eigenvalue weighted by molar-refractivity contribution is -0.0192. The highest BCUT2D eigenvalue weighted by Crippen LogP contribution is 2.46. The molecule has 1 N–H and O–H groups in total. The molecule has 0 unspecified atom stereocenters. The van der Waals surface area contributed by atoms with E-state index in [1.807, 2.05) is 17.0 Å². The van der Waals surface area contributed by atoms with E-state index < -0.39 is 10.0 Å². The highest BCUT2D eigenvalue weighted by molar-refractivity contribution is 7.93. The first-order valence-electron chi connectivity index (χ1n) is 13.0. The van der Waals surface area contributed by atoms with Crippen LogP contribution < -0.4 is 4.72 Å². The number of benzene rings is 3. The van der Waals surface area contributed by atoms with E-state index in [4.69, 9.17) is 0 Å². The summed E-state index contributed by atoms with van der Waals surface area (Å²) >= 11 is 0. The van der Waals surface area contributed by atoms with Crippen LogP contribution >= 0.6 is 0 Å². The van der Waals surface area contributed by atoms with E-state index in [2.05, 4.69) is 44.9 Å². The predicted molar refractivity (Wildman–Crippen MR) is 148 cm³/mol. The molecule has 1 amide bonds. The van der Waals surface area contributed by atoms with Crippen LogP contribution in [0.3, 0.4) is 0 Å². The van der Waals surface area contributed by atoms with Gasteiger partial charge >= 0.3 is 0 Å². The number of nitrogens with one attached hydrogen (secondary N) is 1. The summed E-state index contributed by atoms with van der Waals surface area (Å²) in [6.07, 6.45) is 5.14. The van der Waals surface area contributed by atoms with Crippen molar-refractivity contribution in [1.29, 1.82) is 0 Å². The third-order valence-corrected chi connectivity index (χ3v) is 9.35. The molecule has 3 aromatic carbocycles. The Bertz CT molecular complexity index is 1560. The van der Waals surface area contributed by atoms with Gasteiger partial charge in [-0.15, -0.1) is 0 Å². The van der Waals surface area contributed by atoms with Crippen molar-refractivity contribution in [3.05, 3.63) is 102 Å². The summed E-state index contributed by atoms with van der Waals surface area (Å²) in [6.45, 7) is 3.04. The monoisotopic (exact) mass is 526 g/mol. The molecular weight excluding hydrogens is 496 g/mol. The fraction of sp³-hybridized carbons (Fsp3) is 0.267. The lowest BCUT2D eigenvalue weighted by Gasteiger charge is -2.53.